The number of alkyl halides is 6. The quantitative estimate of drug-likeness (QED) is 0.163. The van der Waals surface area contributed by atoms with Crippen molar-refractivity contribution >= 4 is 11.9 Å². The van der Waals surface area contributed by atoms with Gasteiger partial charge in [-0.05, 0) is 72.5 Å². The van der Waals surface area contributed by atoms with Crippen molar-refractivity contribution in [2.45, 2.75) is 37.7 Å². The van der Waals surface area contributed by atoms with Gasteiger partial charge in [0, 0.05) is 28.8 Å². The monoisotopic (exact) mass is 659 g/mol. The zero-order chi connectivity index (χ0) is 33.7. The smallest absolute Gasteiger partial charge is 0.416 e. The molecule has 0 aliphatic carbocycles. The first-order valence-electron chi connectivity index (χ1n) is 13.8. The van der Waals surface area contributed by atoms with Crippen molar-refractivity contribution in [1.82, 2.24) is 25.7 Å². The van der Waals surface area contributed by atoms with Crippen LogP contribution in [0.5, 0.6) is 0 Å². The van der Waals surface area contributed by atoms with Gasteiger partial charge in [-0.1, -0.05) is 12.1 Å². The summed E-state index contributed by atoms with van der Waals surface area (Å²) in [5, 5.41) is 26.9. The zero-order valence-electron chi connectivity index (χ0n) is 23.6. The molecule has 242 valence electrons. The Bertz CT molecular complexity index is 1980. The van der Waals surface area contributed by atoms with Gasteiger partial charge in [0.1, 0.15) is 5.82 Å². The van der Waals surface area contributed by atoms with E-state index >= 15 is 0 Å². The number of amides is 1. The number of hydrogen-bond acceptors (Lipinski definition) is 6. The molecule has 47 heavy (non-hydrogen) atoms. The number of aryl methyl sites for hydroxylation is 2. The first-order valence-corrected chi connectivity index (χ1v) is 13.8. The van der Waals surface area contributed by atoms with Gasteiger partial charge in [-0.2, -0.15) is 31.4 Å². The maximum atomic E-state index is 14.0. The summed E-state index contributed by atoms with van der Waals surface area (Å²) < 4.78 is 101. The fourth-order valence-electron chi connectivity index (χ4n) is 5.39. The van der Waals surface area contributed by atoms with Crippen molar-refractivity contribution in [3.63, 3.8) is 0 Å². The molecule has 9 nitrogen and oxygen atoms in total. The standard InChI is InChI=1S/C31H20F7N5O4/c32-18-7-5-15(6-8-18)28-43-41-24(47-28)10-9-22-25(14-1-3-16(4-2-14)29(45)46)26(42-40-22)23-13-19-20(27(44)39-23)11-17(30(33,34)35)12-21(19)31(36,37)38/h1-8,11-12,23H,9-10,13H2,(H,39,44)(H,40,42)(H,45,46). The molecule has 0 radical (unpaired) electrons. The second-order valence-electron chi connectivity index (χ2n) is 10.6. The van der Waals surface area contributed by atoms with Crippen LogP contribution in [0.4, 0.5) is 30.7 Å². The predicted molar refractivity (Wildman–Crippen MR) is 148 cm³/mol. The van der Waals surface area contributed by atoms with Crippen molar-refractivity contribution in [2.75, 3.05) is 0 Å². The molecule has 1 aliphatic rings. The van der Waals surface area contributed by atoms with Crippen molar-refractivity contribution in [2.24, 2.45) is 0 Å². The molecule has 2 aromatic heterocycles. The van der Waals surface area contributed by atoms with Crippen LogP contribution in [0.1, 0.15) is 60.7 Å². The molecule has 0 saturated heterocycles. The van der Waals surface area contributed by atoms with E-state index in [0.29, 0.717) is 28.5 Å². The number of aromatic carboxylic acids is 1. The summed E-state index contributed by atoms with van der Waals surface area (Å²) in [5.41, 5.74) is -2.92. The summed E-state index contributed by atoms with van der Waals surface area (Å²) in [5.74, 6) is -2.49. The molecule has 5 aromatic rings. The van der Waals surface area contributed by atoms with Crippen molar-refractivity contribution in [3.05, 3.63) is 112 Å². The van der Waals surface area contributed by atoms with Crippen LogP contribution < -0.4 is 5.32 Å². The van der Waals surface area contributed by atoms with E-state index in [1.165, 1.54) is 48.5 Å². The van der Waals surface area contributed by atoms with Crippen molar-refractivity contribution in [1.29, 1.82) is 0 Å². The molecule has 1 atom stereocenters. The van der Waals surface area contributed by atoms with Crippen LogP contribution in [0, 0.1) is 5.82 Å². The molecular formula is C31H20F7N5O4. The van der Waals surface area contributed by atoms with E-state index in [9.17, 15) is 45.4 Å². The maximum absolute atomic E-state index is 14.0. The molecule has 0 fully saturated rings. The van der Waals surface area contributed by atoms with Gasteiger partial charge in [-0.15, -0.1) is 10.2 Å². The van der Waals surface area contributed by atoms with Crippen molar-refractivity contribution in [3.8, 4) is 22.6 Å². The van der Waals surface area contributed by atoms with Crippen LogP contribution in [0.15, 0.2) is 65.1 Å². The molecule has 6 rings (SSSR count). The number of carbonyl (C=O) groups is 2. The van der Waals surface area contributed by atoms with Gasteiger partial charge in [-0.25, -0.2) is 9.18 Å². The lowest BCUT2D eigenvalue weighted by atomic mass is 9.86. The summed E-state index contributed by atoms with van der Waals surface area (Å²) in [4.78, 5) is 24.5. The molecule has 1 unspecified atom stereocenters. The highest BCUT2D eigenvalue weighted by molar-refractivity contribution is 5.98. The van der Waals surface area contributed by atoms with E-state index in [1.54, 1.807) is 0 Å². The number of benzene rings is 3. The summed E-state index contributed by atoms with van der Waals surface area (Å²) in [6, 6.07) is 10.1. The molecule has 3 aromatic carbocycles. The Hall–Kier alpha value is -5.54. The number of halogens is 7. The molecular weight excluding hydrogens is 639 g/mol. The fraction of sp³-hybridized carbons (Fsp3) is 0.194. The molecule has 1 aliphatic heterocycles. The van der Waals surface area contributed by atoms with Crippen LogP contribution in [0.2, 0.25) is 0 Å². The lowest BCUT2D eigenvalue weighted by Gasteiger charge is -2.28. The van der Waals surface area contributed by atoms with Gasteiger partial charge in [0.15, 0.2) is 0 Å². The van der Waals surface area contributed by atoms with E-state index in [-0.39, 0.29) is 41.9 Å². The number of carbonyl (C=O) groups excluding carboxylic acids is 1. The number of carboxylic acid groups (broad SMARTS) is 1. The molecule has 0 bridgehead atoms. The summed E-state index contributed by atoms with van der Waals surface area (Å²) >= 11 is 0. The van der Waals surface area contributed by atoms with E-state index in [4.69, 9.17) is 4.42 Å². The minimum absolute atomic E-state index is 0.0133. The van der Waals surface area contributed by atoms with Gasteiger partial charge in [0.05, 0.1) is 28.4 Å². The second kappa shape index (κ2) is 11.7. The van der Waals surface area contributed by atoms with Gasteiger partial charge >= 0.3 is 18.3 Å². The number of hydrogen-bond donors (Lipinski definition) is 3. The summed E-state index contributed by atoms with van der Waals surface area (Å²) in [7, 11) is 0. The third-order valence-corrected chi connectivity index (χ3v) is 7.61. The average Bonchev–Trinajstić information content (AvgIpc) is 3.66. The first kappa shape index (κ1) is 31.4. The Morgan fingerprint density at radius 3 is 2.23 bits per heavy atom. The Morgan fingerprint density at radius 2 is 1.60 bits per heavy atom. The predicted octanol–water partition coefficient (Wildman–Crippen LogP) is 6.81. The van der Waals surface area contributed by atoms with Crippen LogP contribution in [-0.4, -0.2) is 37.4 Å². The Balaban J connectivity index is 1.37. The molecule has 1 amide bonds. The van der Waals surface area contributed by atoms with E-state index in [2.05, 4.69) is 25.7 Å². The van der Waals surface area contributed by atoms with Gasteiger partial charge in [0.2, 0.25) is 11.8 Å². The lowest BCUT2D eigenvalue weighted by Crippen LogP contribution is -2.37. The number of rotatable bonds is 7. The molecule has 0 spiro atoms. The number of aromatic nitrogens is 4. The highest BCUT2D eigenvalue weighted by Gasteiger charge is 2.43. The third kappa shape index (κ3) is 6.30. The molecule has 3 N–H and O–H groups in total. The number of carboxylic acids is 1. The Labute approximate surface area is 259 Å². The minimum Gasteiger partial charge on any atom is -0.478 e. The maximum Gasteiger partial charge on any atom is 0.416 e. The van der Waals surface area contributed by atoms with Gasteiger partial charge < -0.3 is 14.8 Å². The first-order chi connectivity index (χ1) is 22.2. The number of nitrogens with one attached hydrogen (secondary N) is 2. The SMILES string of the molecule is O=C(O)c1ccc(-c2c(C3Cc4c(cc(C(F)(F)F)cc4C(F)(F)F)C(=O)N3)n[nH]c2CCc2nnc(-c3ccc(F)cc3)o2)cc1. The number of fused-ring (bicyclic) bond motifs is 1. The Morgan fingerprint density at radius 1 is 0.915 bits per heavy atom. The number of aromatic amines is 1. The third-order valence-electron chi connectivity index (χ3n) is 7.61. The highest BCUT2D eigenvalue weighted by atomic mass is 19.4. The number of nitrogens with zero attached hydrogens (tertiary/aromatic N) is 3. The van der Waals surface area contributed by atoms with Crippen LogP contribution >= 0.6 is 0 Å². The summed E-state index contributed by atoms with van der Waals surface area (Å²) in [6.45, 7) is 0. The molecule has 0 saturated carbocycles. The molecule has 16 heteroatoms. The van der Waals surface area contributed by atoms with E-state index in [1.807, 2.05) is 0 Å². The van der Waals surface area contributed by atoms with E-state index in [0.717, 1.165) is 0 Å². The average molecular weight is 660 g/mol. The van der Waals surface area contributed by atoms with Crippen LogP contribution in [0.25, 0.3) is 22.6 Å². The zero-order valence-corrected chi connectivity index (χ0v) is 23.6. The number of H-pyrrole nitrogens is 1. The van der Waals surface area contributed by atoms with Gasteiger partial charge in [-0.3, -0.25) is 9.89 Å². The largest absolute Gasteiger partial charge is 0.478 e. The topological polar surface area (TPSA) is 134 Å². The lowest BCUT2D eigenvalue weighted by molar-refractivity contribution is -0.143. The normalized spacial score (nSPS) is 15.0. The van der Waals surface area contributed by atoms with Crippen LogP contribution in [0.3, 0.4) is 0 Å². The Kier molecular flexibility index (Phi) is 7.81. The summed E-state index contributed by atoms with van der Waals surface area (Å²) in [6.07, 6.45) is -10.6. The second-order valence-corrected chi connectivity index (χ2v) is 10.6. The molecule has 3 heterocycles. The van der Waals surface area contributed by atoms with Gasteiger partial charge in [0.25, 0.3) is 5.91 Å². The highest BCUT2D eigenvalue weighted by Crippen LogP contribution is 2.43. The van der Waals surface area contributed by atoms with Crippen molar-refractivity contribution < 1.29 is 49.8 Å². The minimum atomic E-state index is -5.20. The van der Waals surface area contributed by atoms with Crippen LogP contribution in [-0.2, 0) is 31.6 Å². The fourth-order valence-corrected chi connectivity index (χ4v) is 5.39. The van der Waals surface area contributed by atoms with E-state index < -0.39 is 64.8 Å².